The third-order valence-corrected chi connectivity index (χ3v) is 4.17. The van der Waals surface area contributed by atoms with Crippen LogP contribution in [0.5, 0.6) is 0 Å². The highest BCUT2D eigenvalue weighted by Crippen LogP contribution is 2.21. The lowest BCUT2D eigenvalue weighted by Crippen LogP contribution is -2.44. The summed E-state index contributed by atoms with van der Waals surface area (Å²) in [6.45, 7) is 6.48. The molecule has 1 saturated heterocycles. The summed E-state index contributed by atoms with van der Waals surface area (Å²) in [5, 5.41) is 2.95. The minimum Gasteiger partial charge on any atom is -0.353 e. The third-order valence-electron chi connectivity index (χ3n) is 4.17. The van der Waals surface area contributed by atoms with E-state index in [1.807, 2.05) is 26.0 Å². The van der Waals surface area contributed by atoms with E-state index in [1.165, 1.54) is 24.1 Å². The summed E-state index contributed by atoms with van der Waals surface area (Å²) in [4.78, 5) is 14.1. The average Bonchev–Trinajstić information content (AvgIpc) is 2.46. The third kappa shape index (κ3) is 5.76. The fourth-order valence-corrected chi connectivity index (χ4v) is 3.12. The molecule has 1 aromatic rings. The second kappa shape index (κ2) is 8.28. The van der Waals surface area contributed by atoms with Crippen molar-refractivity contribution in [3.8, 4) is 0 Å². The Morgan fingerprint density at radius 3 is 2.77 bits per heavy atom. The van der Waals surface area contributed by atoms with Crippen LogP contribution in [0.1, 0.15) is 38.7 Å². The Morgan fingerprint density at radius 2 is 2.09 bits per heavy atom. The summed E-state index contributed by atoms with van der Waals surface area (Å²) in [7, 11) is 0. The number of benzene rings is 1. The van der Waals surface area contributed by atoms with Crippen molar-refractivity contribution in [2.45, 2.75) is 45.6 Å². The molecule has 1 fully saturated rings. The second-order valence-corrected chi connectivity index (χ2v) is 6.63. The number of piperidine rings is 1. The van der Waals surface area contributed by atoms with Gasteiger partial charge in [0.15, 0.2) is 0 Å². The van der Waals surface area contributed by atoms with Crippen molar-refractivity contribution in [1.29, 1.82) is 0 Å². The van der Waals surface area contributed by atoms with Crippen LogP contribution < -0.4 is 5.32 Å². The standard InChI is InChI=1S/C18H27FN2O/c1-14(2)20-18(22)13-21-11-3-4-16(12-21)6-5-15-7-9-17(19)10-8-15/h7-10,14,16H,3-6,11-13H2,1-2H3,(H,20,22)/t16-/m0/s1. The molecule has 0 aliphatic carbocycles. The van der Waals surface area contributed by atoms with Gasteiger partial charge in [0, 0.05) is 12.6 Å². The molecule has 1 atom stereocenters. The molecule has 1 heterocycles. The number of aryl methyl sites for hydroxylation is 1. The van der Waals surface area contributed by atoms with Crippen molar-refractivity contribution in [3.05, 3.63) is 35.6 Å². The summed E-state index contributed by atoms with van der Waals surface area (Å²) in [6, 6.07) is 6.99. The van der Waals surface area contributed by atoms with Crippen molar-refractivity contribution in [1.82, 2.24) is 10.2 Å². The quantitative estimate of drug-likeness (QED) is 0.876. The van der Waals surface area contributed by atoms with Crippen LogP contribution in [0.15, 0.2) is 24.3 Å². The Bertz CT molecular complexity index is 472. The first kappa shape index (κ1) is 16.9. The molecule has 0 unspecified atom stereocenters. The minimum atomic E-state index is -0.177. The Hall–Kier alpha value is -1.42. The number of nitrogens with zero attached hydrogens (tertiary/aromatic N) is 1. The summed E-state index contributed by atoms with van der Waals surface area (Å²) >= 11 is 0. The van der Waals surface area contributed by atoms with E-state index in [9.17, 15) is 9.18 Å². The van der Waals surface area contributed by atoms with Gasteiger partial charge in [-0.05, 0) is 69.7 Å². The van der Waals surface area contributed by atoms with Gasteiger partial charge in [0.1, 0.15) is 5.82 Å². The number of nitrogens with one attached hydrogen (secondary N) is 1. The van der Waals surface area contributed by atoms with E-state index in [4.69, 9.17) is 0 Å². The normalized spacial score (nSPS) is 19.4. The molecule has 1 aliphatic heterocycles. The Labute approximate surface area is 132 Å². The summed E-state index contributed by atoms with van der Waals surface area (Å²) in [5.74, 6) is 0.573. The van der Waals surface area contributed by atoms with Gasteiger partial charge in [-0.1, -0.05) is 12.1 Å². The molecule has 0 saturated carbocycles. The number of carbonyl (C=O) groups is 1. The predicted molar refractivity (Wildman–Crippen MR) is 87.2 cm³/mol. The van der Waals surface area contributed by atoms with E-state index < -0.39 is 0 Å². The minimum absolute atomic E-state index is 0.120. The lowest BCUT2D eigenvalue weighted by Gasteiger charge is -2.32. The number of hydrogen-bond acceptors (Lipinski definition) is 2. The summed E-state index contributed by atoms with van der Waals surface area (Å²) in [5.41, 5.74) is 1.19. The molecule has 0 radical (unpaired) electrons. The van der Waals surface area contributed by atoms with Crippen molar-refractivity contribution >= 4 is 5.91 Å². The van der Waals surface area contributed by atoms with Gasteiger partial charge in [-0.15, -0.1) is 0 Å². The molecular formula is C18H27FN2O. The first-order valence-electron chi connectivity index (χ1n) is 8.29. The molecule has 22 heavy (non-hydrogen) atoms. The van der Waals surface area contributed by atoms with Crippen LogP contribution in [0.25, 0.3) is 0 Å². The number of likely N-dealkylation sites (tertiary alicyclic amines) is 1. The van der Waals surface area contributed by atoms with Crippen LogP contribution in [-0.2, 0) is 11.2 Å². The maximum absolute atomic E-state index is 12.9. The molecule has 0 spiro atoms. The number of hydrogen-bond donors (Lipinski definition) is 1. The second-order valence-electron chi connectivity index (χ2n) is 6.63. The number of amides is 1. The monoisotopic (exact) mass is 306 g/mol. The highest BCUT2D eigenvalue weighted by Gasteiger charge is 2.21. The molecule has 0 aromatic heterocycles. The van der Waals surface area contributed by atoms with Gasteiger partial charge in [-0.2, -0.15) is 0 Å². The van der Waals surface area contributed by atoms with Crippen molar-refractivity contribution in [2.24, 2.45) is 5.92 Å². The average molecular weight is 306 g/mol. The zero-order valence-corrected chi connectivity index (χ0v) is 13.6. The van der Waals surface area contributed by atoms with Crippen LogP contribution in [0.3, 0.4) is 0 Å². The molecule has 1 aliphatic rings. The van der Waals surface area contributed by atoms with E-state index in [0.717, 1.165) is 32.4 Å². The Kier molecular flexibility index (Phi) is 6.37. The lowest BCUT2D eigenvalue weighted by atomic mass is 9.91. The van der Waals surface area contributed by atoms with E-state index >= 15 is 0 Å². The van der Waals surface area contributed by atoms with Crippen LogP contribution in [-0.4, -0.2) is 36.5 Å². The van der Waals surface area contributed by atoms with Crippen LogP contribution in [0, 0.1) is 11.7 Å². The number of halogens is 1. The first-order valence-corrected chi connectivity index (χ1v) is 8.29. The van der Waals surface area contributed by atoms with Gasteiger partial charge in [-0.3, -0.25) is 9.69 Å². The largest absolute Gasteiger partial charge is 0.353 e. The predicted octanol–water partition coefficient (Wildman–Crippen LogP) is 2.99. The first-order chi connectivity index (χ1) is 10.5. The smallest absolute Gasteiger partial charge is 0.234 e. The number of rotatable bonds is 6. The van der Waals surface area contributed by atoms with E-state index in [2.05, 4.69) is 10.2 Å². The molecule has 3 nitrogen and oxygen atoms in total. The van der Waals surface area contributed by atoms with E-state index in [0.29, 0.717) is 12.5 Å². The van der Waals surface area contributed by atoms with Gasteiger partial charge in [0.05, 0.1) is 6.54 Å². The topological polar surface area (TPSA) is 32.3 Å². The fraction of sp³-hybridized carbons (Fsp3) is 0.611. The molecule has 1 amide bonds. The molecule has 1 N–H and O–H groups in total. The van der Waals surface area contributed by atoms with Crippen molar-refractivity contribution in [2.75, 3.05) is 19.6 Å². The van der Waals surface area contributed by atoms with Crippen molar-refractivity contribution < 1.29 is 9.18 Å². The van der Waals surface area contributed by atoms with Gasteiger partial charge in [0.2, 0.25) is 5.91 Å². The van der Waals surface area contributed by atoms with Crippen molar-refractivity contribution in [3.63, 3.8) is 0 Å². The zero-order valence-electron chi connectivity index (χ0n) is 13.6. The summed E-state index contributed by atoms with van der Waals surface area (Å²) in [6.07, 6.45) is 4.47. The SMILES string of the molecule is CC(C)NC(=O)CN1CCC[C@@H](CCc2ccc(F)cc2)C1. The maximum atomic E-state index is 12.9. The van der Waals surface area contributed by atoms with Gasteiger partial charge in [0.25, 0.3) is 0 Å². The van der Waals surface area contributed by atoms with E-state index in [-0.39, 0.29) is 17.8 Å². The highest BCUT2D eigenvalue weighted by molar-refractivity contribution is 5.78. The zero-order chi connectivity index (χ0) is 15.9. The van der Waals surface area contributed by atoms with Crippen LogP contribution in [0.4, 0.5) is 4.39 Å². The summed E-state index contributed by atoms with van der Waals surface area (Å²) < 4.78 is 12.9. The van der Waals surface area contributed by atoms with Crippen LogP contribution >= 0.6 is 0 Å². The lowest BCUT2D eigenvalue weighted by molar-refractivity contribution is -0.123. The fourth-order valence-electron chi connectivity index (χ4n) is 3.12. The Balaban J connectivity index is 1.75. The van der Waals surface area contributed by atoms with Gasteiger partial charge < -0.3 is 5.32 Å². The number of carbonyl (C=O) groups excluding carboxylic acids is 1. The van der Waals surface area contributed by atoms with E-state index in [1.54, 1.807) is 0 Å². The maximum Gasteiger partial charge on any atom is 0.234 e. The molecular weight excluding hydrogens is 279 g/mol. The molecule has 2 rings (SSSR count). The molecule has 122 valence electrons. The molecule has 1 aromatic carbocycles. The highest BCUT2D eigenvalue weighted by atomic mass is 19.1. The Morgan fingerprint density at radius 1 is 1.36 bits per heavy atom. The van der Waals surface area contributed by atoms with Gasteiger partial charge in [-0.25, -0.2) is 4.39 Å². The molecule has 4 heteroatoms. The van der Waals surface area contributed by atoms with Gasteiger partial charge >= 0.3 is 0 Å². The molecule has 0 bridgehead atoms. The van der Waals surface area contributed by atoms with Crippen LogP contribution in [0.2, 0.25) is 0 Å².